The first kappa shape index (κ1) is 13.8. The second kappa shape index (κ2) is 5.86. The molecule has 0 bridgehead atoms. The van der Waals surface area contributed by atoms with Gasteiger partial charge in [0.1, 0.15) is 11.6 Å². The number of aliphatic carboxylic acids is 1. The van der Waals surface area contributed by atoms with Crippen molar-refractivity contribution >= 4 is 16.8 Å². The average molecular weight is 262 g/mol. The van der Waals surface area contributed by atoms with Gasteiger partial charge in [-0.3, -0.25) is 9.00 Å². The van der Waals surface area contributed by atoms with Crippen molar-refractivity contribution in [2.45, 2.75) is 12.7 Å². The van der Waals surface area contributed by atoms with E-state index in [1.807, 2.05) is 0 Å². The number of carboxylic acids is 1. The number of carboxylic acid groups (broad SMARTS) is 1. The van der Waals surface area contributed by atoms with Crippen molar-refractivity contribution in [3.8, 4) is 0 Å². The summed E-state index contributed by atoms with van der Waals surface area (Å²) in [7, 11) is -1.48. The Morgan fingerprint density at radius 2 is 2.12 bits per heavy atom. The number of carbonyl (C=O) groups is 1. The van der Waals surface area contributed by atoms with Gasteiger partial charge in [-0.2, -0.15) is 0 Å². The number of benzene rings is 1. The van der Waals surface area contributed by atoms with Gasteiger partial charge < -0.3 is 5.11 Å². The fraction of sp³-hybridized carbons (Fsp3) is 0.364. The molecule has 0 aliphatic heterocycles. The maximum absolute atomic E-state index is 13.2. The molecule has 1 N–H and O–H groups in total. The van der Waals surface area contributed by atoms with Crippen molar-refractivity contribution < 1.29 is 22.9 Å². The first-order valence-corrected chi connectivity index (χ1v) is 6.40. The maximum atomic E-state index is 13.2. The SMILES string of the molecule is CC(CS(=O)Cc1ccc(F)cc1F)C(=O)O. The second-order valence-corrected chi connectivity index (χ2v) is 5.23. The predicted molar refractivity (Wildman–Crippen MR) is 59.9 cm³/mol. The van der Waals surface area contributed by atoms with Gasteiger partial charge >= 0.3 is 5.97 Å². The molecule has 0 aliphatic rings. The van der Waals surface area contributed by atoms with Crippen molar-refractivity contribution in [3.63, 3.8) is 0 Å². The Kier molecular flexibility index (Phi) is 4.74. The van der Waals surface area contributed by atoms with Gasteiger partial charge in [0.2, 0.25) is 0 Å². The molecule has 6 heteroatoms. The van der Waals surface area contributed by atoms with E-state index in [1.165, 1.54) is 13.0 Å². The Morgan fingerprint density at radius 1 is 1.47 bits per heavy atom. The molecule has 2 atom stereocenters. The van der Waals surface area contributed by atoms with Crippen molar-refractivity contribution in [2.75, 3.05) is 5.75 Å². The van der Waals surface area contributed by atoms with Crippen LogP contribution in [0.15, 0.2) is 18.2 Å². The zero-order valence-corrected chi connectivity index (χ0v) is 9.97. The molecule has 0 amide bonds. The lowest BCUT2D eigenvalue weighted by Crippen LogP contribution is -2.18. The third kappa shape index (κ3) is 4.22. The van der Waals surface area contributed by atoms with Gasteiger partial charge in [-0.15, -0.1) is 0 Å². The lowest BCUT2D eigenvalue weighted by molar-refractivity contribution is -0.140. The van der Waals surface area contributed by atoms with Crippen LogP contribution in [0.25, 0.3) is 0 Å². The number of rotatable bonds is 5. The fourth-order valence-electron chi connectivity index (χ4n) is 1.22. The molecule has 0 heterocycles. The molecule has 1 aromatic rings. The van der Waals surface area contributed by atoms with Crippen molar-refractivity contribution in [1.29, 1.82) is 0 Å². The first-order valence-electron chi connectivity index (χ1n) is 4.92. The molecule has 3 nitrogen and oxygen atoms in total. The molecule has 0 saturated carbocycles. The highest BCUT2D eigenvalue weighted by atomic mass is 32.2. The summed E-state index contributed by atoms with van der Waals surface area (Å²) in [5, 5.41) is 8.63. The minimum Gasteiger partial charge on any atom is -0.481 e. The van der Waals surface area contributed by atoms with Gasteiger partial charge in [-0.1, -0.05) is 13.0 Å². The first-order chi connectivity index (χ1) is 7.90. The molecule has 0 radical (unpaired) electrons. The van der Waals surface area contributed by atoms with E-state index in [9.17, 15) is 17.8 Å². The Balaban J connectivity index is 2.65. The Morgan fingerprint density at radius 3 is 2.65 bits per heavy atom. The summed E-state index contributed by atoms with van der Waals surface area (Å²) in [6.07, 6.45) is 0. The monoisotopic (exact) mass is 262 g/mol. The van der Waals surface area contributed by atoms with Gasteiger partial charge in [0.15, 0.2) is 0 Å². The number of hydrogen-bond donors (Lipinski definition) is 1. The molecule has 0 saturated heterocycles. The van der Waals surface area contributed by atoms with Gasteiger partial charge in [0.05, 0.1) is 11.7 Å². The van der Waals surface area contributed by atoms with E-state index < -0.39 is 34.3 Å². The average Bonchev–Trinajstić information content (AvgIpc) is 2.22. The minimum atomic E-state index is -1.48. The van der Waals surface area contributed by atoms with E-state index in [1.54, 1.807) is 0 Å². The summed E-state index contributed by atoms with van der Waals surface area (Å²) < 4.78 is 37.4. The van der Waals surface area contributed by atoms with Crippen LogP contribution in [-0.2, 0) is 21.3 Å². The topological polar surface area (TPSA) is 54.4 Å². The third-order valence-electron chi connectivity index (χ3n) is 2.19. The second-order valence-electron chi connectivity index (χ2n) is 3.73. The predicted octanol–water partition coefficient (Wildman–Crippen LogP) is 1.93. The minimum absolute atomic E-state index is 0.0495. The molecule has 1 aromatic carbocycles. The lowest BCUT2D eigenvalue weighted by Gasteiger charge is -2.07. The largest absolute Gasteiger partial charge is 0.481 e. The van der Waals surface area contributed by atoms with E-state index in [2.05, 4.69) is 0 Å². The zero-order valence-electron chi connectivity index (χ0n) is 9.15. The van der Waals surface area contributed by atoms with Crippen LogP contribution < -0.4 is 0 Å². The highest BCUT2D eigenvalue weighted by molar-refractivity contribution is 7.84. The Labute approximate surface area is 99.9 Å². The van der Waals surface area contributed by atoms with Crippen LogP contribution in [0, 0.1) is 17.6 Å². The van der Waals surface area contributed by atoms with E-state index in [-0.39, 0.29) is 17.1 Å². The Bertz CT molecular complexity index is 448. The molecule has 0 aliphatic carbocycles. The third-order valence-corrected chi connectivity index (χ3v) is 3.69. The smallest absolute Gasteiger partial charge is 0.307 e. The van der Waals surface area contributed by atoms with Crippen LogP contribution >= 0.6 is 0 Å². The summed E-state index contributed by atoms with van der Waals surface area (Å²) in [6, 6.07) is 3.01. The van der Waals surface area contributed by atoms with Crippen molar-refractivity contribution in [3.05, 3.63) is 35.4 Å². The summed E-state index contributed by atoms with van der Waals surface area (Å²) in [6.45, 7) is 1.43. The molecule has 0 aromatic heterocycles. The standard InChI is InChI=1S/C11H12F2O3S/c1-7(11(14)15)5-17(16)6-8-2-3-9(12)4-10(8)13/h2-4,7H,5-6H2,1H3,(H,14,15). The summed E-state index contributed by atoms with van der Waals surface area (Å²) in [4.78, 5) is 10.5. The number of halogens is 2. The van der Waals surface area contributed by atoms with Gasteiger partial charge in [-0.25, -0.2) is 8.78 Å². The van der Waals surface area contributed by atoms with Gasteiger partial charge in [0.25, 0.3) is 0 Å². The summed E-state index contributed by atoms with van der Waals surface area (Å²) in [5.74, 6) is -3.41. The summed E-state index contributed by atoms with van der Waals surface area (Å²) >= 11 is 0. The lowest BCUT2D eigenvalue weighted by atomic mass is 10.2. The van der Waals surface area contributed by atoms with Crippen LogP contribution in [-0.4, -0.2) is 21.0 Å². The molecule has 1 rings (SSSR count). The quantitative estimate of drug-likeness (QED) is 0.882. The Hall–Kier alpha value is -1.30. The van der Waals surface area contributed by atoms with E-state index in [0.29, 0.717) is 6.07 Å². The molecule has 0 fully saturated rings. The molecular weight excluding hydrogens is 250 g/mol. The number of hydrogen-bond acceptors (Lipinski definition) is 2. The van der Waals surface area contributed by atoms with Crippen molar-refractivity contribution in [2.24, 2.45) is 5.92 Å². The van der Waals surface area contributed by atoms with E-state index in [0.717, 1.165) is 6.07 Å². The normalized spacial score (nSPS) is 14.3. The molecule has 94 valence electrons. The van der Waals surface area contributed by atoms with Crippen LogP contribution in [0.1, 0.15) is 12.5 Å². The summed E-state index contributed by atoms with van der Waals surface area (Å²) in [5.41, 5.74) is 0.127. The highest BCUT2D eigenvalue weighted by Gasteiger charge is 2.16. The van der Waals surface area contributed by atoms with Crippen LogP contribution in [0.2, 0.25) is 0 Å². The van der Waals surface area contributed by atoms with Crippen LogP contribution in [0.5, 0.6) is 0 Å². The molecule has 0 spiro atoms. The van der Waals surface area contributed by atoms with Crippen molar-refractivity contribution in [1.82, 2.24) is 0 Å². The van der Waals surface area contributed by atoms with Gasteiger partial charge in [0, 0.05) is 28.2 Å². The van der Waals surface area contributed by atoms with Crippen LogP contribution in [0.4, 0.5) is 8.78 Å². The maximum Gasteiger partial charge on any atom is 0.307 e. The van der Waals surface area contributed by atoms with Crippen LogP contribution in [0.3, 0.4) is 0 Å². The highest BCUT2D eigenvalue weighted by Crippen LogP contribution is 2.13. The molecular formula is C11H12F2O3S. The zero-order chi connectivity index (χ0) is 13.0. The fourth-order valence-corrected chi connectivity index (χ4v) is 2.62. The van der Waals surface area contributed by atoms with E-state index in [4.69, 9.17) is 5.11 Å². The molecule has 2 unspecified atom stereocenters. The van der Waals surface area contributed by atoms with Gasteiger partial charge in [-0.05, 0) is 6.07 Å². The van der Waals surface area contributed by atoms with E-state index >= 15 is 0 Å². The molecule has 17 heavy (non-hydrogen) atoms.